The Labute approximate surface area is 141 Å². The van der Waals surface area contributed by atoms with E-state index in [2.05, 4.69) is 0 Å². The van der Waals surface area contributed by atoms with Crippen LogP contribution in [-0.4, -0.2) is 27.9 Å². The molecule has 0 aromatic heterocycles. The lowest BCUT2D eigenvalue weighted by atomic mass is 10.0. The molecule has 5 nitrogen and oxygen atoms in total. The van der Waals surface area contributed by atoms with Crippen molar-refractivity contribution in [1.82, 2.24) is 0 Å². The van der Waals surface area contributed by atoms with Crippen LogP contribution in [0.5, 0.6) is 0 Å². The average Bonchev–Trinajstić information content (AvgIpc) is 3.06. The maximum atomic E-state index is 13.1. The highest BCUT2D eigenvalue weighted by Crippen LogP contribution is 2.40. The number of carbonyl (C=O) groups excluding carboxylic acids is 1. The molecule has 2 aliphatic heterocycles. The number of hydrogen-bond acceptors (Lipinski definition) is 3. The minimum absolute atomic E-state index is 0.0142. The van der Waals surface area contributed by atoms with Gasteiger partial charge in [-0.1, -0.05) is 25.1 Å². The lowest BCUT2D eigenvalue weighted by molar-refractivity contribution is -0.117. The lowest BCUT2D eigenvalue weighted by Gasteiger charge is -2.20. The number of hydrogen-bond donors (Lipinski definition) is 0. The number of para-hydroxylation sites is 1. The first kappa shape index (κ1) is 15.2. The van der Waals surface area contributed by atoms with E-state index < -0.39 is 10.0 Å². The van der Waals surface area contributed by atoms with Gasteiger partial charge in [-0.15, -0.1) is 0 Å². The second-order valence-corrected chi connectivity index (χ2v) is 8.28. The van der Waals surface area contributed by atoms with Crippen molar-refractivity contribution in [2.45, 2.75) is 24.2 Å². The summed E-state index contributed by atoms with van der Waals surface area (Å²) < 4.78 is 27.7. The molecule has 1 atom stereocenters. The molecule has 4 rings (SSSR count). The number of carbonyl (C=O) groups is 1. The van der Waals surface area contributed by atoms with Crippen molar-refractivity contribution in [3.05, 3.63) is 53.6 Å². The van der Waals surface area contributed by atoms with Crippen LogP contribution in [-0.2, 0) is 21.2 Å². The number of fused-ring (bicyclic) bond motifs is 2. The number of rotatable bonds is 2. The molecule has 124 valence electrons. The number of nitrogens with zero attached hydrogens (tertiary/aromatic N) is 2. The van der Waals surface area contributed by atoms with Gasteiger partial charge in [0.25, 0.3) is 10.0 Å². The topological polar surface area (TPSA) is 57.7 Å². The smallest absolute Gasteiger partial charge is 0.264 e. The van der Waals surface area contributed by atoms with Crippen LogP contribution in [0.4, 0.5) is 11.4 Å². The third-order valence-corrected chi connectivity index (χ3v) is 6.67. The van der Waals surface area contributed by atoms with Gasteiger partial charge in [-0.05, 0) is 35.4 Å². The van der Waals surface area contributed by atoms with E-state index in [1.165, 1.54) is 4.31 Å². The van der Waals surface area contributed by atoms with E-state index >= 15 is 0 Å². The molecule has 1 amide bonds. The summed E-state index contributed by atoms with van der Waals surface area (Å²) in [4.78, 5) is 13.6. The third-order valence-electron chi connectivity index (χ3n) is 4.89. The van der Waals surface area contributed by atoms with Gasteiger partial charge in [0.2, 0.25) is 5.91 Å². The van der Waals surface area contributed by atoms with Crippen LogP contribution in [0.3, 0.4) is 0 Å². The Morgan fingerprint density at radius 3 is 2.62 bits per heavy atom. The second-order valence-electron chi connectivity index (χ2n) is 6.42. The van der Waals surface area contributed by atoms with Crippen LogP contribution in [0.1, 0.15) is 24.0 Å². The van der Waals surface area contributed by atoms with E-state index in [4.69, 9.17) is 0 Å². The first-order valence-electron chi connectivity index (χ1n) is 7.91. The van der Waals surface area contributed by atoms with E-state index in [0.29, 0.717) is 6.54 Å². The molecule has 0 spiro atoms. The normalized spacial score (nSPS) is 19.6. The zero-order chi connectivity index (χ0) is 17.1. The summed E-state index contributed by atoms with van der Waals surface area (Å²) in [5, 5.41) is 0. The third kappa shape index (κ3) is 2.06. The number of amides is 1. The first-order chi connectivity index (χ1) is 11.4. The molecule has 1 unspecified atom stereocenters. The highest BCUT2D eigenvalue weighted by Gasteiger charge is 2.35. The SMILES string of the molecule is CC1CN(S(=O)(=O)c2ccc3c(c2)CC(=O)N3C)c2ccccc21. The van der Waals surface area contributed by atoms with E-state index in [-0.39, 0.29) is 23.1 Å². The number of likely N-dealkylation sites (N-methyl/N-ethyl adjacent to an activating group) is 1. The minimum atomic E-state index is -3.64. The molecular weight excluding hydrogens is 324 g/mol. The van der Waals surface area contributed by atoms with Gasteiger partial charge in [-0.3, -0.25) is 9.10 Å². The van der Waals surface area contributed by atoms with Crippen LogP contribution in [0, 0.1) is 0 Å². The summed E-state index contributed by atoms with van der Waals surface area (Å²) in [6.45, 7) is 2.47. The van der Waals surface area contributed by atoms with Gasteiger partial charge in [0.15, 0.2) is 0 Å². The fraction of sp³-hybridized carbons (Fsp3) is 0.278. The van der Waals surface area contributed by atoms with Crippen molar-refractivity contribution >= 4 is 27.3 Å². The second kappa shape index (κ2) is 5.08. The molecule has 0 bridgehead atoms. The summed E-state index contributed by atoms with van der Waals surface area (Å²) >= 11 is 0. The number of benzene rings is 2. The average molecular weight is 342 g/mol. The molecule has 0 radical (unpaired) electrons. The lowest BCUT2D eigenvalue weighted by Crippen LogP contribution is -2.29. The maximum absolute atomic E-state index is 13.1. The molecule has 6 heteroatoms. The molecular formula is C18H18N2O3S. The minimum Gasteiger partial charge on any atom is -0.315 e. The van der Waals surface area contributed by atoms with Crippen LogP contribution in [0.15, 0.2) is 47.4 Å². The van der Waals surface area contributed by atoms with Crippen molar-refractivity contribution in [3.8, 4) is 0 Å². The van der Waals surface area contributed by atoms with Gasteiger partial charge in [0, 0.05) is 25.2 Å². The van der Waals surface area contributed by atoms with Crippen molar-refractivity contribution in [1.29, 1.82) is 0 Å². The molecule has 2 aliphatic rings. The highest BCUT2D eigenvalue weighted by molar-refractivity contribution is 7.92. The maximum Gasteiger partial charge on any atom is 0.264 e. The molecule has 2 heterocycles. The quantitative estimate of drug-likeness (QED) is 0.843. The predicted molar refractivity (Wildman–Crippen MR) is 92.9 cm³/mol. The van der Waals surface area contributed by atoms with E-state index in [1.807, 2.05) is 31.2 Å². The molecule has 0 N–H and O–H groups in total. The molecule has 0 saturated heterocycles. The van der Waals surface area contributed by atoms with Gasteiger partial charge in [0.05, 0.1) is 17.0 Å². The zero-order valence-electron chi connectivity index (χ0n) is 13.6. The Morgan fingerprint density at radius 1 is 1.08 bits per heavy atom. The van der Waals surface area contributed by atoms with Crippen molar-refractivity contribution < 1.29 is 13.2 Å². The summed E-state index contributed by atoms with van der Waals surface area (Å²) in [6.07, 6.45) is 0.252. The molecule has 24 heavy (non-hydrogen) atoms. The Bertz CT molecular complexity index is 952. The highest BCUT2D eigenvalue weighted by atomic mass is 32.2. The molecule has 2 aromatic carbocycles. The standard InChI is InChI=1S/C18H18N2O3S/c1-12-11-20(17-6-4-3-5-15(12)17)24(22,23)14-7-8-16-13(9-14)10-18(21)19(16)2/h3-9,12H,10-11H2,1-2H3. The monoisotopic (exact) mass is 342 g/mol. The van der Waals surface area contributed by atoms with Gasteiger partial charge in [-0.25, -0.2) is 8.42 Å². The summed E-state index contributed by atoms with van der Waals surface area (Å²) in [5.41, 5.74) is 3.36. The largest absolute Gasteiger partial charge is 0.315 e. The molecule has 0 aliphatic carbocycles. The van der Waals surface area contributed by atoms with Crippen molar-refractivity contribution in [3.63, 3.8) is 0 Å². The fourth-order valence-corrected chi connectivity index (χ4v) is 5.17. The van der Waals surface area contributed by atoms with Crippen molar-refractivity contribution in [2.75, 3.05) is 22.8 Å². The predicted octanol–water partition coefficient (Wildman–Crippen LogP) is 2.52. The van der Waals surface area contributed by atoms with Crippen LogP contribution in [0.25, 0.3) is 0 Å². The van der Waals surface area contributed by atoms with Gasteiger partial charge in [-0.2, -0.15) is 0 Å². The number of anilines is 2. The van der Waals surface area contributed by atoms with E-state index in [1.54, 1.807) is 30.1 Å². The Kier molecular flexibility index (Phi) is 3.22. The van der Waals surface area contributed by atoms with Crippen LogP contribution in [0.2, 0.25) is 0 Å². The van der Waals surface area contributed by atoms with Gasteiger partial charge >= 0.3 is 0 Å². The zero-order valence-corrected chi connectivity index (χ0v) is 14.4. The van der Waals surface area contributed by atoms with Crippen molar-refractivity contribution in [2.24, 2.45) is 0 Å². The summed E-state index contributed by atoms with van der Waals surface area (Å²) in [5.74, 6) is 0.151. The summed E-state index contributed by atoms with van der Waals surface area (Å²) in [7, 11) is -1.93. The van der Waals surface area contributed by atoms with E-state index in [0.717, 1.165) is 22.5 Å². The molecule has 2 aromatic rings. The Hall–Kier alpha value is -2.34. The Balaban J connectivity index is 1.78. The fourth-order valence-electron chi connectivity index (χ4n) is 3.54. The Morgan fingerprint density at radius 2 is 1.83 bits per heavy atom. The summed E-state index contributed by atoms with van der Waals surface area (Å²) in [6, 6.07) is 12.6. The first-order valence-corrected chi connectivity index (χ1v) is 9.35. The van der Waals surface area contributed by atoms with E-state index in [9.17, 15) is 13.2 Å². The number of sulfonamides is 1. The molecule has 0 saturated carbocycles. The van der Waals surface area contributed by atoms with Crippen LogP contribution >= 0.6 is 0 Å². The molecule has 0 fully saturated rings. The van der Waals surface area contributed by atoms with Gasteiger partial charge < -0.3 is 4.90 Å². The van der Waals surface area contributed by atoms with Gasteiger partial charge in [0.1, 0.15) is 0 Å². The van der Waals surface area contributed by atoms with Crippen LogP contribution < -0.4 is 9.21 Å².